The molecule has 7 heteroatoms. The van der Waals surface area contributed by atoms with E-state index < -0.39 is 16.1 Å². The Balaban J connectivity index is 1.63. The Bertz CT molecular complexity index is 806. The Kier molecular flexibility index (Phi) is 4.40. The fourth-order valence-electron chi connectivity index (χ4n) is 2.60. The molecule has 1 unspecified atom stereocenters. The summed E-state index contributed by atoms with van der Waals surface area (Å²) in [5.41, 5.74) is 1.73. The van der Waals surface area contributed by atoms with Gasteiger partial charge in [0.15, 0.2) is 0 Å². The van der Waals surface area contributed by atoms with Gasteiger partial charge in [-0.25, -0.2) is 8.42 Å². The van der Waals surface area contributed by atoms with Crippen molar-refractivity contribution < 1.29 is 13.2 Å². The highest BCUT2D eigenvalue weighted by atomic mass is 32.2. The zero-order valence-corrected chi connectivity index (χ0v) is 13.2. The molecule has 0 fully saturated rings. The molecule has 2 aromatic rings. The van der Waals surface area contributed by atoms with Crippen LogP contribution in [0.4, 0.5) is 0 Å². The summed E-state index contributed by atoms with van der Waals surface area (Å²) in [7, 11) is -3.63. The van der Waals surface area contributed by atoms with Crippen LogP contribution in [-0.4, -0.2) is 31.9 Å². The van der Waals surface area contributed by atoms with Crippen molar-refractivity contribution >= 4 is 15.9 Å². The fraction of sp³-hybridized carbons (Fsp3) is 0.250. The smallest absolute Gasteiger partial charge is 0.241 e. The molecular formula is C16H17N3O3S. The van der Waals surface area contributed by atoms with E-state index in [-0.39, 0.29) is 10.8 Å². The minimum absolute atomic E-state index is 0.251. The molecule has 0 radical (unpaired) electrons. The lowest BCUT2D eigenvalue weighted by molar-refractivity contribution is -0.122. The number of benzene rings is 1. The number of aromatic nitrogens is 1. The van der Waals surface area contributed by atoms with Crippen LogP contribution < -0.4 is 10.0 Å². The molecule has 0 spiro atoms. The summed E-state index contributed by atoms with van der Waals surface area (Å²) in [6, 6.07) is 9.73. The molecule has 1 amide bonds. The maximum atomic E-state index is 12.2. The Morgan fingerprint density at radius 1 is 1.22 bits per heavy atom. The SMILES string of the molecule is O=C(NCCc1ccncc1)C1Cc2ccccc2S(=O)(=O)N1. The van der Waals surface area contributed by atoms with E-state index in [1.165, 1.54) is 0 Å². The summed E-state index contributed by atoms with van der Waals surface area (Å²) in [6.07, 6.45) is 4.42. The number of pyridine rings is 1. The van der Waals surface area contributed by atoms with Crippen LogP contribution in [0.15, 0.2) is 53.7 Å². The van der Waals surface area contributed by atoms with Crippen LogP contribution in [0.2, 0.25) is 0 Å². The van der Waals surface area contributed by atoms with Crippen molar-refractivity contribution in [3.8, 4) is 0 Å². The molecule has 0 aliphatic carbocycles. The molecule has 1 atom stereocenters. The zero-order valence-electron chi connectivity index (χ0n) is 12.4. The first kappa shape index (κ1) is 15.6. The number of sulfonamides is 1. The van der Waals surface area contributed by atoms with Gasteiger partial charge in [0.25, 0.3) is 0 Å². The predicted molar refractivity (Wildman–Crippen MR) is 85.2 cm³/mol. The first-order valence-corrected chi connectivity index (χ1v) is 8.81. The predicted octanol–water partition coefficient (Wildman–Crippen LogP) is 0.643. The Morgan fingerprint density at radius 2 is 1.96 bits per heavy atom. The maximum Gasteiger partial charge on any atom is 0.241 e. The van der Waals surface area contributed by atoms with Crippen molar-refractivity contribution in [1.29, 1.82) is 0 Å². The van der Waals surface area contributed by atoms with Crippen LogP contribution in [0.1, 0.15) is 11.1 Å². The second kappa shape index (κ2) is 6.47. The number of carbonyl (C=O) groups is 1. The maximum absolute atomic E-state index is 12.2. The third-order valence-electron chi connectivity index (χ3n) is 3.76. The molecule has 120 valence electrons. The fourth-order valence-corrected chi connectivity index (χ4v) is 4.04. The summed E-state index contributed by atoms with van der Waals surface area (Å²) < 4.78 is 26.8. The lowest BCUT2D eigenvalue weighted by Gasteiger charge is -2.25. The van der Waals surface area contributed by atoms with E-state index in [0.29, 0.717) is 24.9 Å². The lowest BCUT2D eigenvalue weighted by atomic mass is 10.1. The van der Waals surface area contributed by atoms with Crippen molar-refractivity contribution in [1.82, 2.24) is 15.0 Å². The summed E-state index contributed by atoms with van der Waals surface area (Å²) in [5.74, 6) is -0.308. The normalized spacial score (nSPS) is 18.9. The van der Waals surface area contributed by atoms with Gasteiger partial charge in [0.1, 0.15) is 6.04 Å². The van der Waals surface area contributed by atoms with Crippen molar-refractivity contribution in [2.45, 2.75) is 23.8 Å². The van der Waals surface area contributed by atoms with E-state index >= 15 is 0 Å². The average Bonchev–Trinajstić information content (AvgIpc) is 2.55. The molecule has 0 saturated carbocycles. The highest BCUT2D eigenvalue weighted by Gasteiger charge is 2.32. The van der Waals surface area contributed by atoms with Gasteiger partial charge >= 0.3 is 0 Å². The number of hydrogen-bond acceptors (Lipinski definition) is 4. The van der Waals surface area contributed by atoms with Gasteiger partial charge in [-0.2, -0.15) is 4.72 Å². The van der Waals surface area contributed by atoms with Gasteiger partial charge in [-0.15, -0.1) is 0 Å². The molecule has 3 rings (SSSR count). The molecule has 1 aliphatic rings. The van der Waals surface area contributed by atoms with Crippen molar-refractivity contribution in [2.24, 2.45) is 0 Å². The molecule has 0 bridgehead atoms. The van der Waals surface area contributed by atoms with Crippen LogP contribution in [0.25, 0.3) is 0 Å². The molecule has 2 heterocycles. The molecule has 1 aromatic heterocycles. The topological polar surface area (TPSA) is 88.2 Å². The molecular weight excluding hydrogens is 314 g/mol. The minimum atomic E-state index is -3.63. The van der Waals surface area contributed by atoms with Crippen molar-refractivity contribution in [3.05, 3.63) is 59.9 Å². The number of nitrogens with one attached hydrogen (secondary N) is 2. The van der Waals surface area contributed by atoms with E-state index in [9.17, 15) is 13.2 Å². The van der Waals surface area contributed by atoms with Gasteiger partial charge in [-0.1, -0.05) is 18.2 Å². The average molecular weight is 331 g/mol. The van der Waals surface area contributed by atoms with Crippen molar-refractivity contribution in [2.75, 3.05) is 6.54 Å². The van der Waals surface area contributed by atoms with Gasteiger partial charge in [0.05, 0.1) is 4.90 Å². The minimum Gasteiger partial charge on any atom is -0.354 e. The van der Waals surface area contributed by atoms with Crippen molar-refractivity contribution in [3.63, 3.8) is 0 Å². The third kappa shape index (κ3) is 3.57. The molecule has 1 aromatic carbocycles. The summed E-state index contributed by atoms with van der Waals surface area (Å²) >= 11 is 0. The molecule has 23 heavy (non-hydrogen) atoms. The molecule has 6 nitrogen and oxygen atoms in total. The first-order valence-electron chi connectivity index (χ1n) is 7.33. The standard InChI is InChI=1S/C16H17N3O3S/c20-16(18-10-7-12-5-8-17-9-6-12)14-11-13-3-1-2-4-15(13)23(21,22)19-14/h1-6,8-9,14,19H,7,10-11H2,(H,18,20). The van der Waals surface area contributed by atoms with E-state index in [4.69, 9.17) is 0 Å². The van der Waals surface area contributed by atoms with Gasteiger partial charge in [0, 0.05) is 18.9 Å². The number of amides is 1. The molecule has 1 aliphatic heterocycles. The second-order valence-electron chi connectivity index (χ2n) is 5.38. The van der Waals surface area contributed by atoms with E-state index in [1.54, 1.807) is 36.7 Å². The quantitative estimate of drug-likeness (QED) is 0.861. The van der Waals surface area contributed by atoms with Crippen LogP contribution in [-0.2, 0) is 27.7 Å². The Hall–Kier alpha value is -2.25. The van der Waals surface area contributed by atoms with Crippen LogP contribution in [0.5, 0.6) is 0 Å². The monoisotopic (exact) mass is 331 g/mol. The Morgan fingerprint density at radius 3 is 2.74 bits per heavy atom. The highest BCUT2D eigenvalue weighted by Crippen LogP contribution is 2.22. The largest absolute Gasteiger partial charge is 0.354 e. The number of carbonyl (C=O) groups excluding carboxylic acids is 1. The van der Waals surface area contributed by atoms with Crippen LogP contribution in [0.3, 0.4) is 0 Å². The van der Waals surface area contributed by atoms with Gasteiger partial charge in [0.2, 0.25) is 15.9 Å². The highest BCUT2D eigenvalue weighted by molar-refractivity contribution is 7.89. The third-order valence-corrected chi connectivity index (χ3v) is 5.33. The van der Waals surface area contributed by atoms with E-state index in [2.05, 4.69) is 15.0 Å². The summed E-state index contributed by atoms with van der Waals surface area (Å²) in [5, 5.41) is 2.78. The van der Waals surface area contributed by atoms with Gasteiger partial charge < -0.3 is 5.32 Å². The van der Waals surface area contributed by atoms with Crippen LogP contribution >= 0.6 is 0 Å². The second-order valence-corrected chi connectivity index (χ2v) is 7.06. The number of nitrogens with zero attached hydrogens (tertiary/aromatic N) is 1. The van der Waals surface area contributed by atoms with Gasteiger partial charge in [-0.05, 0) is 42.2 Å². The lowest BCUT2D eigenvalue weighted by Crippen LogP contribution is -2.50. The Labute approximate surface area is 135 Å². The van der Waals surface area contributed by atoms with Crippen LogP contribution in [0, 0.1) is 0 Å². The molecule has 0 saturated heterocycles. The van der Waals surface area contributed by atoms with E-state index in [1.807, 2.05) is 12.1 Å². The number of hydrogen-bond donors (Lipinski definition) is 2. The van der Waals surface area contributed by atoms with E-state index in [0.717, 1.165) is 5.56 Å². The summed E-state index contributed by atoms with van der Waals surface area (Å²) in [4.78, 5) is 16.4. The summed E-state index contributed by atoms with van der Waals surface area (Å²) in [6.45, 7) is 0.447. The number of rotatable bonds is 4. The molecule has 2 N–H and O–H groups in total. The number of fused-ring (bicyclic) bond motifs is 1. The first-order chi connectivity index (χ1) is 11.1. The zero-order chi connectivity index (χ0) is 16.3. The van der Waals surface area contributed by atoms with Gasteiger partial charge in [-0.3, -0.25) is 9.78 Å².